The number of rotatable bonds is 4. The Labute approximate surface area is 129 Å². The van der Waals surface area contributed by atoms with Crippen molar-refractivity contribution in [3.63, 3.8) is 0 Å². The van der Waals surface area contributed by atoms with Gasteiger partial charge in [0.05, 0.1) is 18.5 Å². The molecule has 1 aliphatic rings. The van der Waals surface area contributed by atoms with E-state index >= 15 is 0 Å². The number of nitrogens with zero attached hydrogens (tertiary/aromatic N) is 3. The second kappa shape index (κ2) is 5.88. The highest BCUT2D eigenvalue weighted by Gasteiger charge is 2.39. The fraction of sp³-hybridized carbons (Fsp3) is 0.438. The number of aromatic nitrogens is 3. The van der Waals surface area contributed by atoms with Crippen LogP contribution in [0.2, 0.25) is 0 Å². The van der Waals surface area contributed by atoms with Gasteiger partial charge in [0.25, 0.3) is 5.91 Å². The Morgan fingerprint density at radius 1 is 1.45 bits per heavy atom. The van der Waals surface area contributed by atoms with Gasteiger partial charge >= 0.3 is 0 Å². The lowest BCUT2D eigenvalue weighted by molar-refractivity contribution is 0.0825. The number of hydrogen-bond donors (Lipinski definition) is 2. The molecular weight excluding hydrogens is 280 g/mol. The summed E-state index contributed by atoms with van der Waals surface area (Å²) in [7, 11) is 0. The van der Waals surface area contributed by atoms with E-state index in [0.29, 0.717) is 0 Å². The zero-order chi connectivity index (χ0) is 15.6. The molecule has 6 heteroatoms. The molecule has 0 bridgehead atoms. The Bertz CT molecular complexity index is 655. The summed E-state index contributed by atoms with van der Waals surface area (Å²) in [5.41, 5.74) is 0.851. The van der Waals surface area contributed by atoms with Crippen LogP contribution < -0.4 is 5.32 Å². The average Bonchev–Trinajstić information content (AvgIpc) is 3.17. The SMILES string of the molecule is CC1(CO)CCCC1NC(=O)c1cnn(-c2ccccc2)n1. The number of benzene rings is 1. The summed E-state index contributed by atoms with van der Waals surface area (Å²) < 4.78 is 0. The van der Waals surface area contributed by atoms with Crippen molar-refractivity contribution in [2.45, 2.75) is 32.2 Å². The molecule has 1 aliphatic carbocycles. The summed E-state index contributed by atoms with van der Waals surface area (Å²) in [6.07, 6.45) is 4.28. The maximum atomic E-state index is 12.3. The van der Waals surface area contributed by atoms with Crippen molar-refractivity contribution in [2.75, 3.05) is 6.61 Å². The van der Waals surface area contributed by atoms with Crippen molar-refractivity contribution in [3.8, 4) is 5.69 Å². The molecule has 1 aromatic carbocycles. The topological polar surface area (TPSA) is 80.0 Å². The molecule has 2 aromatic rings. The fourth-order valence-electron chi connectivity index (χ4n) is 2.95. The zero-order valence-electron chi connectivity index (χ0n) is 12.6. The van der Waals surface area contributed by atoms with Crippen LogP contribution in [0.1, 0.15) is 36.7 Å². The molecule has 1 fully saturated rings. The van der Waals surface area contributed by atoms with E-state index < -0.39 is 0 Å². The molecule has 1 amide bonds. The van der Waals surface area contributed by atoms with Crippen molar-refractivity contribution in [2.24, 2.45) is 5.41 Å². The first kappa shape index (κ1) is 14.7. The summed E-state index contributed by atoms with van der Waals surface area (Å²) in [4.78, 5) is 13.8. The smallest absolute Gasteiger partial charge is 0.273 e. The number of aliphatic hydroxyl groups is 1. The van der Waals surface area contributed by atoms with Crippen LogP contribution in [-0.2, 0) is 0 Å². The van der Waals surface area contributed by atoms with Crippen molar-refractivity contribution >= 4 is 5.91 Å². The van der Waals surface area contributed by atoms with Crippen LogP contribution in [0.25, 0.3) is 5.69 Å². The molecule has 0 aliphatic heterocycles. The molecule has 0 radical (unpaired) electrons. The van der Waals surface area contributed by atoms with Crippen LogP contribution in [0.5, 0.6) is 0 Å². The number of aliphatic hydroxyl groups excluding tert-OH is 1. The highest BCUT2D eigenvalue weighted by atomic mass is 16.3. The summed E-state index contributed by atoms with van der Waals surface area (Å²) in [5.74, 6) is -0.242. The predicted octanol–water partition coefficient (Wildman–Crippen LogP) is 1.55. The van der Waals surface area contributed by atoms with Gasteiger partial charge in [-0.05, 0) is 25.0 Å². The minimum Gasteiger partial charge on any atom is -0.396 e. The molecule has 0 saturated heterocycles. The zero-order valence-corrected chi connectivity index (χ0v) is 12.6. The third-order valence-corrected chi connectivity index (χ3v) is 4.46. The first-order valence-corrected chi connectivity index (χ1v) is 7.52. The lowest BCUT2D eigenvalue weighted by Crippen LogP contribution is -2.44. The van der Waals surface area contributed by atoms with Gasteiger partial charge in [0.1, 0.15) is 0 Å². The summed E-state index contributed by atoms with van der Waals surface area (Å²) >= 11 is 0. The molecule has 1 aromatic heterocycles. The van der Waals surface area contributed by atoms with Crippen molar-refractivity contribution in [3.05, 3.63) is 42.2 Å². The van der Waals surface area contributed by atoms with E-state index in [9.17, 15) is 9.90 Å². The Hall–Kier alpha value is -2.21. The average molecular weight is 300 g/mol. The minimum atomic E-state index is -0.245. The minimum absolute atomic E-state index is 0.0214. The Kier molecular flexibility index (Phi) is 3.94. The van der Waals surface area contributed by atoms with Crippen LogP contribution in [-0.4, -0.2) is 38.7 Å². The van der Waals surface area contributed by atoms with Crippen molar-refractivity contribution < 1.29 is 9.90 Å². The van der Waals surface area contributed by atoms with Crippen LogP contribution in [0.3, 0.4) is 0 Å². The van der Waals surface area contributed by atoms with Crippen molar-refractivity contribution in [1.82, 2.24) is 20.3 Å². The Morgan fingerprint density at radius 3 is 2.95 bits per heavy atom. The molecule has 2 unspecified atom stereocenters. The quantitative estimate of drug-likeness (QED) is 0.898. The van der Waals surface area contributed by atoms with Gasteiger partial charge in [-0.1, -0.05) is 31.5 Å². The number of carbonyl (C=O) groups is 1. The number of carbonyl (C=O) groups excluding carboxylic acids is 1. The molecule has 116 valence electrons. The van der Waals surface area contributed by atoms with Gasteiger partial charge in [-0.25, -0.2) is 0 Å². The van der Waals surface area contributed by atoms with Gasteiger partial charge in [0.15, 0.2) is 5.69 Å². The molecule has 0 spiro atoms. The Morgan fingerprint density at radius 2 is 2.23 bits per heavy atom. The van der Waals surface area contributed by atoms with E-state index in [1.807, 2.05) is 37.3 Å². The maximum Gasteiger partial charge on any atom is 0.273 e. The third-order valence-electron chi connectivity index (χ3n) is 4.46. The van der Waals surface area contributed by atoms with E-state index in [4.69, 9.17) is 0 Å². The first-order valence-electron chi connectivity index (χ1n) is 7.52. The highest BCUT2D eigenvalue weighted by molar-refractivity contribution is 5.92. The molecule has 1 saturated carbocycles. The van der Waals surface area contributed by atoms with Crippen LogP contribution in [0.4, 0.5) is 0 Å². The van der Waals surface area contributed by atoms with Crippen LogP contribution in [0.15, 0.2) is 36.5 Å². The van der Waals surface area contributed by atoms with Crippen LogP contribution in [0, 0.1) is 5.41 Å². The van der Waals surface area contributed by atoms with E-state index in [1.165, 1.54) is 11.0 Å². The van der Waals surface area contributed by atoms with E-state index in [1.54, 1.807) is 0 Å². The number of amides is 1. The normalized spacial score (nSPS) is 24.4. The molecular formula is C16H20N4O2. The molecule has 2 N–H and O–H groups in total. The maximum absolute atomic E-state index is 12.3. The van der Waals surface area contributed by atoms with E-state index in [-0.39, 0.29) is 29.7 Å². The van der Waals surface area contributed by atoms with Gasteiger partial charge in [-0.3, -0.25) is 4.79 Å². The lowest BCUT2D eigenvalue weighted by atomic mass is 9.86. The fourth-order valence-corrected chi connectivity index (χ4v) is 2.95. The van der Waals surface area contributed by atoms with Gasteiger partial charge in [0.2, 0.25) is 0 Å². The van der Waals surface area contributed by atoms with Gasteiger partial charge in [-0.15, -0.1) is 5.10 Å². The Balaban J connectivity index is 1.72. The van der Waals surface area contributed by atoms with Gasteiger partial charge < -0.3 is 10.4 Å². The lowest BCUT2D eigenvalue weighted by Gasteiger charge is -2.29. The first-order chi connectivity index (χ1) is 10.6. The number of para-hydroxylation sites is 1. The van der Waals surface area contributed by atoms with Gasteiger partial charge in [0, 0.05) is 11.5 Å². The van der Waals surface area contributed by atoms with Crippen LogP contribution >= 0.6 is 0 Å². The molecule has 2 atom stereocenters. The molecule has 6 nitrogen and oxygen atoms in total. The molecule has 22 heavy (non-hydrogen) atoms. The molecule has 1 heterocycles. The molecule has 3 rings (SSSR count). The summed E-state index contributed by atoms with van der Waals surface area (Å²) in [6.45, 7) is 2.08. The number of nitrogens with one attached hydrogen (secondary N) is 1. The number of hydrogen-bond acceptors (Lipinski definition) is 4. The van der Waals surface area contributed by atoms with Gasteiger partial charge in [-0.2, -0.15) is 9.90 Å². The predicted molar refractivity (Wildman–Crippen MR) is 81.7 cm³/mol. The summed E-state index contributed by atoms with van der Waals surface area (Å²) in [6, 6.07) is 9.43. The highest BCUT2D eigenvalue weighted by Crippen LogP contribution is 2.37. The second-order valence-corrected chi connectivity index (χ2v) is 6.09. The largest absolute Gasteiger partial charge is 0.396 e. The standard InChI is InChI=1S/C16H20N4O2/c1-16(11-21)9-5-8-14(16)18-15(22)13-10-17-20(19-13)12-6-3-2-4-7-12/h2-4,6-7,10,14,21H,5,8-9,11H2,1H3,(H,18,22). The van der Waals surface area contributed by atoms with E-state index in [0.717, 1.165) is 24.9 Å². The third kappa shape index (κ3) is 2.74. The summed E-state index contributed by atoms with van der Waals surface area (Å²) in [5, 5.41) is 20.9. The second-order valence-electron chi connectivity index (χ2n) is 6.09. The van der Waals surface area contributed by atoms with Crippen molar-refractivity contribution in [1.29, 1.82) is 0 Å². The van der Waals surface area contributed by atoms with E-state index in [2.05, 4.69) is 15.5 Å². The monoisotopic (exact) mass is 300 g/mol.